The highest BCUT2D eigenvalue weighted by Crippen LogP contribution is 2.23. The van der Waals surface area contributed by atoms with Crippen molar-refractivity contribution in [2.45, 2.75) is 6.42 Å². The molecule has 0 saturated carbocycles. The highest BCUT2D eigenvalue weighted by molar-refractivity contribution is 6.13. The van der Waals surface area contributed by atoms with Crippen LogP contribution in [0.25, 0.3) is 17.2 Å². The second-order valence-corrected chi connectivity index (χ2v) is 7.93. The molecule has 0 bridgehead atoms. The zero-order chi connectivity index (χ0) is 23.2. The maximum atomic E-state index is 12.4. The van der Waals surface area contributed by atoms with Crippen LogP contribution in [0.15, 0.2) is 120 Å². The summed E-state index contributed by atoms with van der Waals surface area (Å²) in [5.41, 5.74) is 5.36. The molecule has 4 aromatic carbocycles. The molecule has 0 unspecified atom stereocenters. The molecule has 0 aromatic heterocycles. The number of carbonyl (C=O) groups excluding carboxylic acids is 1. The molecule has 0 radical (unpaired) electrons. The van der Waals surface area contributed by atoms with Gasteiger partial charge in [-0.05, 0) is 52.6 Å². The predicted molar refractivity (Wildman–Crippen MR) is 135 cm³/mol. The molecule has 1 aliphatic heterocycles. The number of cyclic esters (lactones) is 1. The van der Waals surface area contributed by atoms with Crippen LogP contribution < -0.4 is 4.74 Å². The molecule has 166 valence electrons. The summed E-state index contributed by atoms with van der Waals surface area (Å²) in [5.74, 6) is 0.650. The number of esters is 1. The monoisotopic (exact) mass is 445 g/mol. The molecule has 0 N–H and O–H groups in total. The van der Waals surface area contributed by atoms with E-state index in [1.54, 1.807) is 6.08 Å². The van der Waals surface area contributed by atoms with Gasteiger partial charge in [0, 0.05) is 12.0 Å². The van der Waals surface area contributed by atoms with Gasteiger partial charge in [-0.2, -0.15) is 0 Å². The molecule has 0 saturated heterocycles. The van der Waals surface area contributed by atoms with Gasteiger partial charge >= 0.3 is 5.97 Å². The molecule has 0 aliphatic carbocycles. The van der Waals surface area contributed by atoms with E-state index in [1.807, 2.05) is 84.9 Å². The lowest BCUT2D eigenvalue weighted by molar-refractivity contribution is -0.129. The van der Waals surface area contributed by atoms with Crippen LogP contribution in [0, 0.1) is 0 Å². The first-order valence-corrected chi connectivity index (χ1v) is 11.2. The number of nitrogens with zero attached hydrogens (tertiary/aromatic N) is 1. The van der Waals surface area contributed by atoms with E-state index < -0.39 is 5.97 Å². The molecule has 5 rings (SSSR count). The van der Waals surface area contributed by atoms with E-state index in [2.05, 4.69) is 29.3 Å². The fraction of sp³-hybridized carbons (Fsp3) is 0.0667. The SMILES string of the molecule is O=C1OC(c2ccc(-c3ccccc3)cc2)=N/C1=C\c1ccc(OCCc2ccccc2)cc1. The zero-order valence-electron chi connectivity index (χ0n) is 18.6. The predicted octanol–water partition coefficient (Wildman–Crippen LogP) is 6.32. The van der Waals surface area contributed by atoms with Gasteiger partial charge in [-0.15, -0.1) is 0 Å². The Morgan fingerprint density at radius 1 is 0.706 bits per heavy atom. The van der Waals surface area contributed by atoms with Gasteiger partial charge in [0.05, 0.1) is 6.61 Å². The largest absolute Gasteiger partial charge is 0.493 e. The Bertz CT molecular complexity index is 1320. The van der Waals surface area contributed by atoms with Crippen molar-refractivity contribution in [3.63, 3.8) is 0 Å². The van der Waals surface area contributed by atoms with E-state index in [0.29, 0.717) is 12.5 Å². The van der Waals surface area contributed by atoms with Gasteiger partial charge in [-0.25, -0.2) is 9.79 Å². The van der Waals surface area contributed by atoms with E-state index in [9.17, 15) is 4.79 Å². The van der Waals surface area contributed by atoms with Gasteiger partial charge in [0.1, 0.15) is 5.75 Å². The molecule has 0 atom stereocenters. The summed E-state index contributed by atoms with van der Waals surface area (Å²) in [6, 6.07) is 35.8. The Morgan fingerprint density at radius 3 is 2.03 bits per heavy atom. The van der Waals surface area contributed by atoms with E-state index in [4.69, 9.17) is 9.47 Å². The van der Waals surface area contributed by atoms with E-state index >= 15 is 0 Å². The van der Waals surface area contributed by atoms with Crippen molar-refractivity contribution < 1.29 is 14.3 Å². The normalized spacial score (nSPS) is 14.1. The number of ether oxygens (including phenoxy) is 2. The summed E-state index contributed by atoms with van der Waals surface area (Å²) >= 11 is 0. The molecule has 4 aromatic rings. The first kappa shape index (κ1) is 21.4. The molecule has 1 heterocycles. The first-order chi connectivity index (χ1) is 16.7. The molecule has 4 heteroatoms. The fourth-order valence-electron chi connectivity index (χ4n) is 3.72. The highest BCUT2D eigenvalue weighted by atomic mass is 16.6. The highest BCUT2D eigenvalue weighted by Gasteiger charge is 2.24. The van der Waals surface area contributed by atoms with E-state index in [1.165, 1.54) is 5.56 Å². The minimum Gasteiger partial charge on any atom is -0.493 e. The van der Waals surface area contributed by atoms with Crippen molar-refractivity contribution in [2.75, 3.05) is 6.61 Å². The third-order valence-electron chi connectivity index (χ3n) is 5.55. The Hall–Kier alpha value is -4.44. The summed E-state index contributed by atoms with van der Waals surface area (Å²) in [7, 11) is 0. The Morgan fingerprint density at radius 2 is 1.32 bits per heavy atom. The van der Waals surface area contributed by atoms with Crippen LogP contribution in [0.5, 0.6) is 5.75 Å². The molecule has 0 amide bonds. The maximum absolute atomic E-state index is 12.4. The second kappa shape index (κ2) is 10.0. The van der Waals surface area contributed by atoms with E-state index in [-0.39, 0.29) is 5.70 Å². The summed E-state index contributed by atoms with van der Waals surface area (Å²) in [6.07, 6.45) is 2.57. The summed E-state index contributed by atoms with van der Waals surface area (Å²) < 4.78 is 11.2. The average molecular weight is 446 g/mol. The van der Waals surface area contributed by atoms with Crippen LogP contribution >= 0.6 is 0 Å². The van der Waals surface area contributed by atoms with E-state index in [0.717, 1.165) is 34.4 Å². The number of aliphatic imine (C=N–C) groups is 1. The minimum absolute atomic E-state index is 0.278. The lowest BCUT2D eigenvalue weighted by atomic mass is 10.0. The van der Waals surface area contributed by atoms with Gasteiger partial charge in [0.2, 0.25) is 5.90 Å². The quantitative estimate of drug-likeness (QED) is 0.247. The third-order valence-corrected chi connectivity index (χ3v) is 5.55. The number of hydrogen-bond donors (Lipinski definition) is 0. The van der Waals surface area contributed by atoms with Gasteiger partial charge in [-0.3, -0.25) is 0 Å². The molecule has 0 fully saturated rings. The molecule has 0 spiro atoms. The zero-order valence-corrected chi connectivity index (χ0v) is 18.6. The van der Waals surface area contributed by atoms with Crippen molar-refractivity contribution in [3.8, 4) is 16.9 Å². The number of carbonyl (C=O) groups is 1. The van der Waals surface area contributed by atoms with Crippen molar-refractivity contribution in [3.05, 3.63) is 132 Å². The molecule has 34 heavy (non-hydrogen) atoms. The number of rotatable bonds is 7. The van der Waals surface area contributed by atoms with Crippen LogP contribution in [0.1, 0.15) is 16.7 Å². The van der Waals surface area contributed by atoms with Gasteiger partial charge in [-0.1, -0.05) is 84.9 Å². The fourth-order valence-corrected chi connectivity index (χ4v) is 3.72. The van der Waals surface area contributed by atoms with Crippen LogP contribution in [0.2, 0.25) is 0 Å². The van der Waals surface area contributed by atoms with Crippen molar-refractivity contribution >= 4 is 17.9 Å². The average Bonchev–Trinajstić information content (AvgIpc) is 3.26. The maximum Gasteiger partial charge on any atom is 0.363 e. The Balaban J connectivity index is 1.24. The lowest BCUT2D eigenvalue weighted by Crippen LogP contribution is -2.05. The van der Waals surface area contributed by atoms with Gasteiger partial charge < -0.3 is 9.47 Å². The summed E-state index contributed by atoms with van der Waals surface area (Å²) in [6.45, 7) is 0.605. The Kier molecular flexibility index (Phi) is 6.30. The van der Waals surface area contributed by atoms with Gasteiger partial charge in [0.25, 0.3) is 0 Å². The number of hydrogen-bond acceptors (Lipinski definition) is 4. The van der Waals surface area contributed by atoms with Crippen LogP contribution in [0.3, 0.4) is 0 Å². The lowest BCUT2D eigenvalue weighted by Gasteiger charge is -2.06. The smallest absolute Gasteiger partial charge is 0.363 e. The standard InChI is InChI=1S/C30H23NO3/c32-30-28(21-23-11-17-27(18-12-23)33-20-19-22-7-3-1-4-8-22)31-29(34-30)26-15-13-25(14-16-26)24-9-5-2-6-10-24/h1-18,21H,19-20H2/b28-21-. The van der Waals surface area contributed by atoms with Crippen molar-refractivity contribution in [1.29, 1.82) is 0 Å². The Labute approximate surface area is 198 Å². The molecule has 1 aliphatic rings. The minimum atomic E-state index is -0.453. The summed E-state index contributed by atoms with van der Waals surface area (Å²) in [4.78, 5) is 16.8. The second-order valence-electron chi connectivity index (χ2n) is 7.93. The third kappa shape index (κ3) is 5.13. The molecule has 4 nitrogen and oxygen atoms in total. The van der Waals surface area contributed by atoms with Crippen molar-refractivity contribution in [1.82, 2.24) is 0 Å². The first-order valence-electron chi connectivity index (χ1n) is 11.2. The molecular formula is C30H23NO3. The molecular weight excluding hydrogens is 422 g/mol. The number of benzene rings is 4. The van der Waals surface area contributed by atoms with Crippen LogP contribution in [-0.2, 0) is 16.0 Å². The topological polar surface area (TPSA) is 47.9 Å². The van der Waals surface area contributed by atoms with Crippen LogP contribution in [-0.4, -0.2) is 18.5 Å². The van der Waals surface area contributed by atoms with Gasteiger partial charge in [0.15, 0.2) is 5.70 Å². The summed E-state index contributed by atoms with van der Waals surface area (Å²) in [5, 5.41) is 0. The van der Waals surface area contributed by atoms with Crippen LogP contribution in [0.4, 0.5) is 0 Å². The van der Waals surface area contributed by atoms with Crippen molar-refractivity contribution in [2.24, 2.45) is 4.99 Å².